The first-order valence-corrected chi connectivity index (χ1v) is 7.37. The van der Waals surface area contributed by atoms with Crippen LogP contribution in [0, 0.1) is 0 Å². The maximum Gasteiger partial charge on any atom is 0.256 e. The molecule has 2 rings (SSSR count). The van der Waals surface area contributed by atoms with Gasteiger partial charge in [-0.1, -0.05) is 56.5 Å². The van der Waals surface area contributed by atoms with Gasteiger partial charge in [-0.05, 0) is 18.6 Å². The third-order valence-electron chi connectivity index (χ3n) is 2.75. The van der Waals surface area contributed by atoms with Crippen molar-refractivity contribution in [1.82, 2.24) is 4.98 Å². The molecule has 1 aromatic heterocycles. The van der Waals surface area contributed by atoms with E-state index in [2.05, 4.69) is 11.9 Å². The van der Waals surface area contributed by atoms with E-state index < -0.39 is 0 Å². The van der Waals surface area contributed by atoms with E-state index >= 15 is 0 Å². The summed E-state index contributed by atoms with van der Waals surface area (Å²) in [4.78, 5) is 4.44. The first kappa shape index (κ1) is 12.5. The maximum absolute atomic E-state index is 5.65. The van der Waals surface area contributed by atoms with Gasteiger partial charge < -0.3 is 4.42 Å². The molecule has 0 N–H and O–H groups in total. The highest BCUT2D eigenvalue weighted by Gasteiger charge is 2.04. The molecule has 92 valence electrons. The molecule has 0 aliphatic heterocycles. The van der Waals surface area contributed by atoms with Crippen LogP contribution in [0.1, 0.15) is 39.0 Å². The van der Waals surface area contributed by atoms with Crippen molar-refractivity contribution < 1.29 is 4.42 Å². The summed E-state index contributed by atoms with van der Waals surface area (Å²) in [6.07, 6.45) is 6.58. The van der Waals surface area contributed by atoms with E-state index in [1.54, 1.807) is 11.8 Å². The first-order valence-electron chi connectivity index (χ1n) is 6.38. The molecule has 0 unspecified atom stereocenters. The zero-order valence-corrected chi connectivity index (χ0v) is 11.1. The van der Waals surface area contributed by atoms with Crippen LogP contribution in [0.15, 0.2) is 33.9 Å². The second-order valence-corrected chi connectivity index (χ2v) is 5.26. The van der Waals surface area contributed by atoms with Crippen LogP contribution in [0.2, 0.25) is 0 Å². The van der Waals surface area contributed by atoms with Crippen molar-refractivity contribution in [2.45, 2.75) is 44.3 Å². The molecule has 17 heavy (non-hydrogen) atoms. The normalized spacial score (nSPS) is 11.1. The topological polar surface area (TPSA) is 26.0 Å². The molecule has 0 atom stereocenters. The molecule has 2 nitrogen and oxygen atoms in total. The second-order valence-electron chi connectivity index (χ2n) is 4.21. The number of para-hydroxylation sites is 2. The molecule has 0 saturated heterocycles. The molecule has 0 fully saturated rings. The molecule has 0 aliphatic carbocycles. The standard InChI is InChI=1S/C14H19NOS/c1-2-3-4-5-8-11-17-14-15-12-9-6-7-10-13(12)16-14/h6-7,9-10H,2-5,8,11H2,1H3. The maximum atomic E-state index is 5.65. The lowest BCUT2D eigenvalue weighted by molar-refractivity contribution is 0.489. The highest BCUT2D eigenvalue weighted by Crippen LogP contribution is 2.24. The van der Waals surface area contributed by atoms with Crippen molar-refractivity contribution >= 4 is 22.9 Å². The molecular weight excluding hydrogens is 230 g/mol. The Hall–Kier alpha value is -0.960. The lowest BCUT2D eigenvalue weighted by Gasteiger charge is -1.97. The fourth-order valence-electron chi connectivity index (χ4n) is 1.78. The number of hydrogen-bond donors (Lipinski definition) is 0. The van der Waals surface area contributed by atoms with Crippen LogP contribution in [-0.2, 0) is 0 Å². The van der Waals surface area contributed by atoms with Crippen LogP contribution in [0.3, 0.4) is 0 Å². The van der Waals surface area contributed by atoms with E-state index in [-0.39, 0.29) is 0 Å². The number of oxazole rings is 1. The molecule has 0 bridgehead atoms. The van der Waals surface area contributed by atoms with E-state index in [0.29, 0.717) is 0 Å². The van der Waals surface area contributed by atoms with Gasteiger partial charge in [-0.3, -0.25) is 0 Å². The average Bonchev–Trinajstić information content (AvgIpc) is 2.76. The summed E-state index contributed by atoms with van der Waals surface area (Å²) in [6.45, 7) is 2.24. The number of rotatable bonds is 7. The molecular formula is C14H19NOS. The minimum atomic E-state index is 0.807. The van der Waals surface area contributed by atoms with Crippen LogP contribution < -0.4 is 0 Å². The van der Waals surface area contributed by atoms with Gasteiger partial charge in [-0.25, -0.2) is 4.98 Å². The Morgan fingerprint density at radius 2 is 1.94 bits per heavy atom. The highest BCUT2D eigenvalue weighted by molar-refractivity contribution is 7.99. The van der Waals surface area contributed by atoms with Gasteiger partial charge in [-0.2, -0.15) is 0 Å². The van der Waals surface area contributed by atoms with Crippen LogP contribution in [-0.4, -0.2) is 10.7 Å². The van der Waals surface area contributed by atoms with Gasteiger partial charge in [0.2, 0.25) is 0 Å². The summed E-state index contributed by atoms with van der Waals surface area (Å²) >= 11 is 1.73. The Bertz CT molecular complexity index is 419. The summed E-state index contributed by atoms with van der Waals surface area (Å²) in [5.41, 5.74) is 1.85. The van der Waals surface area contributed by atoms with Crippen LogP contribution >= 0.6 is 11.8 Å². The summed E-state index contributed by atoms with van der Waals surface area (Å²) in [5.74, 6) is 1.11. The van der Waals surface area contributed by atoms with Crippen molar-refractivity contribution in [3.05, 3.63) is 24.3 Å². The Labute approximate surface area is 107 Å². The van der Waals surface area contributed by atoms with Crippen molar-refractivity contribution in [2.75, 3.05) is 5.75 Å². The van der Waals surface area contributed by atoms with E-state index in [1.807, 2.05) is 24.3 Å². The molecule has 2 aromatic rings. The molecule has 3 heteroatoms. The predicted molar refractivity (Wildman–Crippen MR) is 73.5 cm³/mol. The quantitative estimate of drug-likeness (QED) is 0.516. The molecule has 0 aliphatic rings. The summed E-state index contributed by atoms with van der Waals surface area (Å²) in [5, 5.41) is 0.807. The Kier molecular flexibility index (Phi) is 4.92. The van der Waals surface area contributed by atoms with Gasteiger partial charge >= 0.3 is 0 Å². The van der Waals surface area contributed by atoms with Gasteiger partial charge in [0.05, 0.1) is 0 Å². The summed E-state index contributed by atoms with van der Waals surface area (Å²) in [7, 11) is 0. The van der Waals surface area contributed by atoms with Crippen molar-refractivity contribution in [2.24, 2.45) is 0 Å². The van der Waals surface area contributed by atoms with E-state index in [9.17, 15) is 0 Å². The number of hydrogen-bond acceptors (Lipinski definition) is 3. The van der Waals surface area contributed by atoms with Crippen LogP contribution in [0.4, 0.5) is 0 Å². The lowest BCUT2D eigenvalue weighted by Crippen LogP contribution is -1.81. The van der Waals surface area contributed by atoms with Crippen molar-refractivity contribution in [3.63, 3.8) is 0 Å². The fraction of sp³-hybridized carbons (Fsp3) is 0.500. The smallest absolute Gasteiger partial charge is 0.256 e. The molecule has 0 saturated carbocycles. The number of benzene rings is 1. The van der Waals surface area contributed by atoms with Gasteiger partial charge in [0.25, 0.3) is 5.22 Å². The fourth-order valence-corrected chi connectivity index (χ4v) is 2.61. The Balaban J connectivity index is 1.75. The monoisotopic (exact) mass is 249 g/mol. The summed E-state index contributed by atoms with van der Waals surface area (Å²) in [6, 6.07) is 7.93. The Morgan fingerprint density at radius 1 is 1.12 bits per heavy atom. The molecule has 0 spiro atoms. The van der Waals surface area contributed by atoms with Gasteiger partial charge in [-0.15, -0.1) is 0 Å². The van der Waals surface area contributed by atoms with E-state index in [4.69, 9.17) is 4.42 Å². The van der Waals surface area contributed by atoms with Crippen molar-refractivity contribution in [3.8, 4) is 0 Å². The first-order chi connectivity index (χ1) is 8.40. The van der Waals surface area contributed by atoms with E-state index in [0.717, 1.165) is 22.1 Å². The molecule has 0 radical (unpaired) electrons. The number of nitrogens with zero attached hydrogens (tertiary/aromatic N) is 1. The molecule has 1 heterocycles. The van der Waals surface area contributed by atoms with Crippen molar-refractivity contribution in [1.29, 1.82) is 0 Å². The van der Waals surface area contributed by atoms with Crippen LogP contribution in [0.5, 0.6) is 0 Å². The van der Waals surface area contributed by atoms with Crippen LogP contribution in [0.25, 0.3) is 11.1 Å². The van der Waals surface area contributed by atoms with Gasteiger partial charge in [0.15, 0.2) is 5.58 Å². The zero-order chi connectivity index (χ0) is 11.9. The Morgan fingerprint density at radius 3 is 2.76 bits per heavy atom. The van der Waals surface area contributed by atoms with Gasteiger partial charge in [0, 0.05) is 5.75 Å². The van der Waals surface area contributed by atoms with Gasteiger partial charge in [0.1, 0.15) is 5.52 Å². The predicted octanol–water partition coefficient (Wildman–Crippen LogP) is 4.89. The third-order valence-corrected chi connectivity index (χ3v) is 3.66. The SMILES string of the molecule is CCCCCCCSc1nc2ccccc2o1. The largest absolute Gasteiger partial charge is 0.431 e. The third kappa shape index (κ3) is 3.77. The zero-order valence-electron chi connectivity index (χ0n) is 10.3. The number of fused-ring (bicyclic) bond motifs is 1. The number of thioether (sulfide) groups is 1. The minimum absolute atomic E-state index is 0.807. The average molecular weight is 249 g/mol. The molecule has 1 aromatic carbocycles. The number of unbranched alkanes of at least 4 members (excludes halogenated alkanes) is 4. The molecule has 0 amide bonds. The minimum Gasteiger partial charge on any atom is -0.431 e. The second kappa shape index (κ2) is 6.70. The highest BCUT2D eigenvalue weighted by atomic mass is 32.2. The lowest BCUT2D eigenvalue weighted by atomic mass is 10.2. The van der Waals surface area contributed by atoms with E-state index in [1.165, 1.54) is 32.1 Å². The summed E-state index contributed by atoms with van der Waals surface area (Å²) < 4.78 is 5.65. The number of aromatic nitrogens is 1.